The second kappa shape index (κ2) is 8.03. The minimum atomic E-state index is 0.461. The van der Waals surface area contributed by atoms with E-state index in [1.807, 2.05) is 61.3 Å². The van der Waals surface area contributed by atoms with Crippen LogP contribution in [0.25, 0.3) is 28.3 Å². The van der Waals surface area contributed by atoms with E-state index in [0.717, 1.165) is 46.6 Å². The molecule has 0 aliphatic rings. The number of fused-ring (bicyclic) bond motifs is 1. The molecule has 0 unspecified atom stereocenters. The van der Waals surface area contributed by atoms with Crippen LogP contribution < -0.4 is 4.90 Å². The maximum Gasteiger partial charge on any atom is 0.236 e. The van der Waals surface area contributed by atoms with Crippen molar-refractivity contribution in [2.75, 3.05) is 11.9 Å². The van der Waals surface area contributed by atoms with Crippen LogP contribution in [0.1, 0.15) is 23.1 Å². The number of hydrogen-bond donors (Lipinski definition) is 1. The van der Waals surface area contributed by atoms with E-state index in [0.29, 0.717) is 17.3 Å². The van der Waals surface area contributed by atoms with E-state index in [9.17, 15) is 4.79 Å². The summed E-state index contributed by atoms with van der Waals surface area (Å²) in [6.45, 7) is 2.04. The van der Waals surface area contributed by atoms with E-state index in [1.54, 1.807) is 10.6 Å². The summed E-state index contributed by atoms with van der Waals surface area (Å²) in [6.07, 6.45) is 3.11. The van der Waals surface area contributed by atoms with E-state index in [-0.39, 0.29) is 0 Å². The second-order valence-corrected chi connectivity index (χ2v) is 7.30. The number of carbonyl (C=O) groups excluding carboxylic acids is 1. The molecule has 0 radical (unpaired) electrons. The van der Waals surface area contributed by atoms with Gasteiger partial charge in [-0.1, -0.05) is 43.3 Å². The smallest absolute Gasteiger partial charge is 0.236 e. The van der Waals surface area contributed by atoms with Crippen molar-refractivity contribution in [3.63, 3.8) is 0 Å². The van der Waals surface area contributed by atoms with E-state index < -0.39 is 0 Å². The molecule has 0 spiro atoms. The average Bonchev–Trinajstić information content (AvgIpc) is 3.53. The molecule has 9 nitrogen and oxygen atoms in total. The van der Waals surface area contributed by atoms with Crippen molar-refractivity contribution in [1.29, 1.82) is 0 Å². The zero-order valence-corrected chi connectivity index (χ0v) is 17.6. The van der Waals surface area contributed by atoms with Crippen LogP contribution in [-0.4, -0.2) is 48.3 Å². The minimum Gasteiger partial charge on any atom is -0.330 e. The lowest BCUT2D eigenvalue weighted by atomic mass is 9.99. The Hall–Kier alpha value is -4.40. The van der Waals surface area contributed by atoms with Crippen molar-refractivity contribution >= 4 is 23.6 Å². The standard InChI is InChI=1S/C23H20N8O/c1-3-16-12-21(31-18(14-32)13-24-23(31)25-16)30(2)17-10-8-15(9-11-17)19-6-4-5-7-20(19)22-26-28-29-27-22/h4-14H,3H2,1-2H3,(H,26,27,28,29). The lowest BCUT2D eigenvalue weighted by Crippen LogP contribution is -2.15. The van der Waals surface area contributed by atoms with Gasteiger partial charge in [0.15, 0.2) is 12.1 Å². The average molecular weight is 424 g/mol. The molecule has 3 aromatic heterocycles. The third-order valence-corrected chi connectivity index (χ3v) is 5.46. The highest BCUT2D eigenvalue weighted by Gasteiger charge is 2.16. The van der Waals surface area contributed by atoms with E-state index in [1.165, 1.54) is 0 Å². The van der Waals surface area contributed by atoms with Gasteiger partial charge in [-0.25, -0.2) is 15.1 Å². The van der Waals surface area contributed by atoms with Crippen LogP contribution in [-0.2, 0) is 6.42 Å². The monoisotopic (exact) mass is 424 g/mol. The van der Waals surface area contributed by atoms with Gasteiger partial charge in [-0.2, -0.15) is 0 Å². The fourth-order valence-electron chi connectivity index (χ4n) is 3.77. The number of H-pyrrole nitrogens is 1. The summed E-state index contributed by atoms with van der Waals surface area (Å²) >= 11 is 0. The zero-order chi connectivity index (χ0) is 22.1. The molecule has 0 aliphatic heterocycles. The van der Waals surface area contributed by atoms with Crippen molar-refractivity contribution in [2.45, 2.75) is 13.3 Å². The normalized spacial score (nSPS) is 11.1. The molecule has 0 fully saturated rings. The van der Waals surface area contributed by atoms with Gasteiger partial charge in [0.05, 0.1) is 6.20 Å². The van der Waals surface area contributed by atoms with Crippen LogP contribution in [0.5, 0.6) is 0 Å². The molecule has 1 N–H and O–H groups in total. The summed E-state index contributed by atoms with van der Waals surface area (Å²) in [5.41, 5.74) is 5.33. The fourth-order valence-corrected chi connectivity index (χ4v) is 3.77. The van der Waals surface area contributed by atoms with Gasteiger partial charge in [0.2, 0.25) is 5.78 Å². The predicted octanol–water partition coefficient (Wildman–Crippen LogP) is 3.72. The molecule has 32 heavy (non-hydrogen) atoms. The number of nitrogens with one attached hydrogen (secondary N) is 1. The van der Waals surface area contributed by atoms with Gasteiger partial charge in [-0.05, 0) is 40.1 Å². The highest BCUT2D eigenvalue weighted by Crippen LogP contribution is 2.32. The van der Waals surface area contributed by atoms with Crippen molar-refractivity contribution in [1.82, 2.24) is 35.0 Å². The second-order valence-electron chi connectivity index (χ2n) is 7.30. The number of nitrogens with zero attached hydrogens (tertiary/aromatic N) is 7. The largest absolute Gasteiger partial charge is 0.330 e. The number of benzene rings is 2. The molecular formula is C23H20N8O. The highest BCUT2D eigenvalue weighted by atomic mass is 16.1. The maximum atomic E-state index is 11.6. The topological polar surface area (TPSA) is 105 Å². The van der Waals surface area contributed by atoms with Crippen molar-refractivity contribution in [3.8, 4) is 22.5 Å². The Morgan fingerprint density at radius 2 is 1.88 bits per heavy atom. The van der Waals surface area contributed by atoms with Crippen LogP contribution in [0.2, 0.25) is 0 Å². The molecule has 2 aromatic carbocycles. The van der Waals surface area contributed by atoms with Gasteiger partial charge in [-0.3, -0.25) is 9.20 Å². The first kappa shape index (κ1) is 19.6. The summed E-state index contributed by atoms with van der Waals surface area (Å²) in [6, 6.07) is 18.2. The third kappa shape index (κ3) is 3.29. The summed E-state index contributed by atoms with van der Waals surface area (Å²) in [4.78, 5) is 22.4. The van der Waals surface area contributed by atoms with Gasteiger partial charge in [0.1, 0.15) is 11.5 Å². The van der Waals surface area contributed by atoms with Gasteiger partial charge < -0.3 is 4.90 Å². The van der Waals surface area contributed by atoms with E-state index in [4.69, 9.17) is 0 Å². The number of anilines is 2. The van der Waals surface area contributed by atoms with Crippen molar-refractivity contribution < 1.29 is 4.79 Å². The number of aldehydes is 1. The number of aromatic amines is 1. The Morgan fingerprint density at radius 1 is 1.09 bits per heavy atom. The Kier molecular flexibility index (Phi) is 4.91. The number of carbonyl (C=O) groups is 1. The highest BCUT2D eigenvalue weighted by molar-refractivity contribution is 5.81. The lowest BCUT2D eigenvalue weighted by Gasteiger charge is -2.22. The van der Waals surface area contributed by atoms with Crippen LogP contribution >= 0.6 is 0 Å². The van der Waals surface area contributed by atoms with Crippen LogP contribution in [0, 0.1) is 0 Å². The molecule has 0 bridgehead atoms. The number of hydrogen-bond acceptors (Lipinski definition) is 7. The van der Waals surface area contributed by atoms with Crippen LogP contribution in [0.3, 0.4) is 0 Å². The Labute approximate surface area is 183 Å². The SMILES string of the molecule is CCc1cc(N(C)c2ccc(-c3ccccc3-c3nnn[nH]3)cc2)n2c(C=O)cnc2n1. The molecule has 9 heteroatoms. The predicted molar refractivity (Wildman–Crippen MR) is 121 cm³/mol. The zero-order valence-electron chi connectivity index (χ0n) is 17.6. The van der Waals surface area contributed by atoms with Crippen molar-refractivity contribution in [2.24, 2.45) is 0 Å². The van der Waals surface area contributed by atoms with Crippen LogP contribution in [0.15, 0.2) is 60.8 Å². The molecule has 0 amide bonds. The summed E-state index contributed by atoms with van der Waals surface area (Å²) in [5, 5.41) is 14.2. The first-order valence-electron chi connectivity index (χ1n) is 10.2. The fraction of sp³-hybridized carbons (Fsp3) is 0.130. The number of aromatic nitrogens is 7. The van der Waals surface area contributed by atoms with Gasteiger partial charge in [0.25, 0.3) is 0 Å². The Morgan fingerprint density at radius 3 is 2.56 bits per heavy atom. The van der Waals surface area contributed by atoms with Gasteiger partial charge in [0, 0.05) is 30.1 Å². The Balaban J connectivity index is 1.55. The van der Waals surface area contributed by atoms with E-state index in [2.05, 4.69) is 42.7 Å². The molecule has 5 aromatic rings. The first-order chi connectivity index (χ1) is 15.7. The summed E-state index contributed by atoms with van der Waals surface area (Å²) in [7, 11) is 1.96. The minimum absolute atomic E-state index is 0.461. The molecular weight excluding hydrogens is 404 g/mol. The maximum absolute atomic E-state index is 11.6. The van der Waals surface area contributed by atoms with Gasteiger partial charge >= 0.3 is 0 Å². The van der Waals surface area contributed by atoms with Crippen LogP contribution in [0.4, 0.5) is 11.5 Å². The number of rotatable bonds is 6. The summed E-state index contributed by atoms with van der Waals surface area (Å²) < 4.78 is 1.77. The van der Waals surface area contributed by atoms with E-state index >= 15 is 0 Å². The number of aryl methyl sites for hydroxylation is 1. The molecule has 5 rings (SSSR count). The number of tetrazole rings is 1. The molecule has 0 saturated carbocycles. The third-order valence-electron chi connectivity index (χ3n) is 5.46. The molecule has 158 valence electrons. The molecule has 0 atom stereocenters. The molecule has 0 aliphatic carbocycles. The summed E-state index contributed by atoms with van der Waals surface area (Å²) in [5.74, 6) is 1.96. The van der Waals surface area contributed by atoms with Crippen molar-refractivity contribution in [3.05, 3.63) is 72.2 Å². The molecule has 0 saturated heterocycles. The quantitative estimate of drug-likeness (QED) is 0.414. The Bertz CT molecular complexity index is 1390. The lowest BCUT2D eigenvalue weighted by molar-refractivity contribution is 0.111. The number of imidazole rings is 1. The van der Waals surface area contributed by atoms with Gasteiger partial charge in [-0.15, -0.1) is 5.10 Å². The molecule has 3 heterocycles. The first-order valence-corrected chi connectivity index (χ1v) is 10.2.